The molecule has 1 N–H and O–H groups in total. The number of aromatic nitrogens is 3. The Labute approximate surface area is 190 Å². The molecule has 4 aromatic rings. The Bertz CT molecular complexity index is 1410. The molecule has 0 spiro atoms. The molecule has 0 atom stereocenters. The highest BCUT2D eigenvalue weighted by atomic mass is 32.2. The number of nitrogens with one attached hydrogen (secondary N) is 1. The predicted molar refractivity (Wildman–Crippen MR) is 124 cm³/mol. The van der Waals surface area contributed by atoms with Gasteiger partial charge in [0.05, 0.1) is 5.69 Å². The molecule has 0 aliphatic heterocycles. The van der Waals surface area contributed by atoms with Gasteiger partial charge in [0.15, 0.2) is 9.99 Å². The van der Waals surface area contributed by atoms with Crippen molar-refractivity contribution in [3.8, 4) is 5.69 Å². The zero-order valence-electron chi connectivity index (χ0n) is 17.3. The van der Waals surface area contributed by atoms with Crippen molar-refractivity contribution < 1.29 is 9.18 Å². The quantitative estimate of drug-likeness (QED) is 0.438. The average Bonchev–Trinajstić information content (AvgIpc) is 3.22. The Hall–Kier alpha value is -3.24. The van der Waals surface area contributed by atoms with Gasteiger partial charge in [0.2, 0.25) is 5.91 Å². The van der Waals surface area contributed by atoms with Crippen LogP contribution < -0.4 is 16.6 Å². The number of thiazole rings is 1. The van der Waals surface area contributed by atoms with Crippen molar-refractivity contribution in [3.63, 3.8) is 0 Å². The van der Waals surface area contributed by atoms with E-state index >= 15 is 0 Å². The maximum absolute atomic E-state index is 13.3. The third-order valence-corrected chi connectivity index (χ3v) is 6.85. The highest BCUT2D eigenvalue weighted by molar-refractivity contribution is 8.00. The van der Waals surface area contributed by atoms with Crippen LogP contribution in [0.1, 0.15) is 11.1 Å². The summed E-state index contributed by atoms with van der Waals surface area (Å²) in [5, 5.41) is 2.72. The molecule has 10 heteroatoms. The number of nitrogens with zero attached hydrogens (tertiary/aromatic N) is 3. The number of amides is 1. The van der Waals surface area contributed by atoms with E-state index in [4.69, 9.17) is 0 Å². The molecular weight excluding hydrogens is 451 g/mol. The van der Waals surface area contributed by atoms with Crippen LogP contribution in [0.15, 0.2) is 62.5 Å². The molecule has 164 valence electrons. The number of benzene rings is 2. The lowest BCUT2D eigenvalue weighted by Crippen LogP contribution is -2.41. The maximum Gasteiger partial charge on any atom is 0.337 e. The zero-order valence-corrected chi connectivity index (χ0v) is 18.9. The molecule has 0 radical (unpaired) electrons. The number of carbonyl (C=O) groups excluding carboxylic acids is 1. The van der Waals surface area contributed by atoms with Crippen molar-refractivity contribution in [2.24, 2.45) is 0 Å². The Morgan fingerprint density at radius 1 is 1.12 bits per heavy atom. The van der Waals surface area contributed by atoms with Gasteiger partial charge >= 0.3 is 5.69 Å². The first-order valence-electron chi connectivity index (χ1n) is 9.66. The smallest absolute Gasteiger partial charge is 0.337 e. The Kier molecular flexibility index (Phi) is 6.24. The summed E-state index contributed by atoms with van der Waals surface area (Å²) in [5.74, 6) is -0.786. The van der Waals surface area contributed by atoms with Crippen molar-refractivity contribution in [3.05, 3.63) is 86.3 Å². The van der Waals surface area contributed by atoms with Crippen molar-refractivity contribution in [2.75, 3.05) is 6.26 Å². The molecule has 0 unspecified atom stereocenters. The number of aryl methyl sites for hydroxylation is 1. The number of fused-ring (bicyclic) bond motifs is 1. The van der Waals surface area contributed by atoms with Gasteiger partial charge in [-0.05, 0) is 43.0 Å². The summed E-state index contributed by atoms with van der Waals surface area (Å²) in [6.45, 7) is 1.79. The van der Waals surface area contributed by atoms with Crippen molar-refractivity contribution in [2.45, 2.75) is 24.4 Å². The van der Waals surface area contributed by atoms with E-state index in [9.17, 15) is 18.8 Å². The van der Waals surface area contributed by atoms with Crippen LogP contribution in [0, 0.1) is 12.7 Å². The summed E-state index contributed by atoms with van der Waals surface area (Å²) in [4.78, 5) is 43.4. The number of rotatable bonds is 6. The Morgan fingerprint density at radius 2 is 1.81 bits per heavy atom. The molecule has 32 heavy (non-hydrogen) atoms. The van der Waals surface area contributed by atoms with E-state index in [1.807, 2.05) is 25.3 Å². The fourth-order valence-electron chi connectivity index (χ4n) is 3.17. The fourth-order valence-corrected chi connectivity index (χ4v) is 4.66. The van der Waals surface area contributed by atoms with E-state index in [1.54, 1.807) is 24.3 Å². The van der Waals surface area contributed by atoms with E-state index in [1.165, 1.54) is 39.8 Å². The van der Waals surface area contributed by atoms with Crippen molar-refractivity contribution in [1.29, 1.82) is 0 Å². The third-order valence-electron chi connectivity index (χ3n) is 4.84. The normalized spacial score (nSPS) is 11.1. The third kappa shape index (κ3) is 4.37. The van der Waals surface area contributed by atoms with Gasteiger partial charge in [-0.3, -0.25) is 14.2 Å². The molecular formula is C22H19FN4O3S2. The van der Waals surface area contributed by atoms with Gasteiger partial charge in [0.25, 0.3) is 5.56 Å². The highest BCUT2D eigenvalue weighted by Gasteiger charge is 2.20. The molecule has 0 bridgehead atoms. The van der Waals surface area contributed by atoms with E-state index in [0.717, 1.165) is 15.7 Å². The van der Waals surface area contributed by atoms with E-state index in [-0.39, 0.29) is 24.6 Å². The topological polar surface area (TPSA) is 86.0 Å². The minimum atomic E-state index is -0.638. The molecule has 2 heterocycles. The Balaban J connectivity index is 1.73. The summed E-state index contributed by atoms with van der Waals surface area (Å²) in [7, 11) is 0. The highest BCUT2D eigenvalue weighted by Crippen LogP contribution is 2.25. The average molecular weight is 471 g/mol. The molecule has 7 nitrogen and oxygen atoms in total. The molecule has 0 aliphatic rings. The van der Waals surface area contributed by atoms with Gasteiger partial charge in [0.1, 0.15) is 17.1 Å². The molecule has 2 aromatic carbocycles. The largest absolute Gasteiger partial charge is 0.350 e. The summed E-state index contributed by atoms with van der Waals surface area (Å²) < 4.78 is 16.3. The molecule has 4 rings (SSSR count). The summed E-state index contributed by atoms with van der Waals surface area (Å²) >= 11 is 2.55. The SMILES string of the molecule is CSc1nc2c(s1)c(=O)n(-c1ccc(C)cc1)c(=O)n2CC(=O)NCc1ccc(F)cc1. The van der Waals surface area contributed by atoms with E-state index in [0.29, 0.717) is 14.7 Å². The van der Waals surface area contributed by atoms with Crippen LogP contribution in [0.2, 0.25) is 0 Å². The van der Waals surface area contributed by atoms with Crippen LogP contribution >= 0.6 is 23.1 Å². The van der Waals surface area contributed by atoms with Gasteiger partial charge in [-0.2, -0.15) is 0 Å². The first-order valence-corrected chi connectivity index (χ1v) is 11.7. The molecule has 0 saturated heterocycles. The van der Waals surface area contributed by atoms with E-state index in [2.05, 4.69) is 10.3 Å². The van der Waals surface area contributed by atoms with Crippen LogP contribution in [0.4, 0.5) is 4.39 Å². The Morgan fingerprint density at radius 3 is 2.47 bits per heavy atom. The predicted octanol–water partition coefficient (Wildman–Crippen LogP) is 3.09. The molecule has 0 fully saturated rings. The second-order valence-electron chi connectivity index (χ2n) is 7.08. The monoisotopic (exact) mass is 470 g/mol. The summed E-state index contributed by atoms with van der Waals surface area (Å²) in [6.07, 6.45) is 1.83. The minimum Gasteiger partial charge on any atom is -0.350 e. The fraction of sp³-hybridized carbons (Fsp3) is 0.182. The van der Waals surface area contributed by atoms with Gasteiger partial charge in [0, 0.05) is 6.54 Å². The van der Waals surface area contributed by atoms with Crippen LogP contribution in [0.3, 0.4) is 0 Å². The minimum absolute atomic E-state index is 0.182. The molecule has 2 aromatic heterocycles. The second kappa shape index (κ2) is 9.09. The first-order chi connectivity index (χ1) is 15.4. The number of hydrogen-bond donors (Lipinski definition) is 1. The molecule has 0 saturated carbocycles. The van der Waals surface area contributed by atoms with Crippen molar-refractivity contribution in [1.82, 2.24) is 19.4 Å². The van der Waals surface area contributed by atoms with Crippen molar-refractivity contribution >= 4 is 39.4 Å². The van der Waals surface area contributed by atoms with Gasteiger partial charge in [-0.25, -0.2) is 18.7 Å². The van der Waals surface area contributed by atoms with Crippen LogP contribution in [0.25, 0.3) is 16.0 Å². The van der Waals surface area contributed by atoms with Gasteiger partial charge in [-0.1, -0.05) is 41.6 Å². The summed E-state index contributed by atoms with van der Waals surface area (Å²) in [6, 6.07) is 12.8. The lowest BCUT2D eigenvalue weighted by atomic mass is 10.2. The van der Waals surface area contributed by atoms with Crippen LogP contribution in [-0.4, -0.2) is 26.3 Å². The summed E-state index contributed by atoms with van der Waals surface area (Å²) in [5.41, 5.74) is 1.23. The number of thioether (sulfide) groups is 1. The molecule has 0 aliphatic carbocycles. The number of hydrogen-bond acceptors (Lipinski definition) is 6. The standard InChI is InChI=1S/C22H19FN4O3S2/c1-13-3-9-16(10-4-13)27-20(29)18-19(25-21(31-2)32-18)26(22(27)30)12-17(28)24-11-14-5-7-15(23)8-6-14/h3-10H,11-12H2,1-2H3,(H,24,28). The number of carbonyl (C=O) groups is 1. The van der Waals surface area contributed by atoms with E-state index < -0.39 is 17.2 Å². The van der Waals surface area contributed by atoms with Crippen LogP contribution in [-0.2, 0) is 17.9 Å². The zero-order chi connectivity index (χ0) is 22.8. The van der Waals surface area contributed by atoms with Gasteiger partial charge < -0.3 is 5.32 Å². The lowest BCUT2D eigenvalue weighted by molar-refractivity contribution is -0.121. The lowest BCUT2D eigenvalue weighted by Gasteiger charge is -2.12. The van der Waals surface area contributed by atoms with Crippen LogP contribution in [0.5, 0.6) is 0 Å². The maximum atomic E-state index is 13.3. The molecule has 1 amide bonds. The van der Waals surface area contributed by atoms with Gasteiger partial charge in [-0.15, -0.1) is 11.3 Å². The number of halogens is 1. The second-order valence-corrected chi connectivity index (χ2v) is 9.14. The first kappa shape index (κ1) is 22.0.